The van der Waals surface area contributed by atoms with E-state index in [1.54, 1.807) is 0 Å². The highest BCUT2D eigenvalue weighted by molar-refractivity contribution is 6.21. The van der Waals surface area contributed by atoms with Gasteiger partial charge < -0.3 is 11.5 Å². The molecule has 2 heterocycles. The smallest absolute Gasteiger partial charge is 0.224 e. The van der Waals surface area contributed by atoms with Crippen LogP contribution in [0.3, 0.4) is 0 Å². The minimum absolute atomic E-state index is 0.0796. The number of halogens is 1. The molecule has 0 fully saturated rings. The number of nitrogen functional groups attached to an aromatic ring is 2. The summed E-state index contributed by atoms with van der Waals surface area (Å²) in [6, 6.07) is 0. The third-order valence-electron chi connectivity index (χ3n) is 1.46. The highest BCUT2D eigenvalue weighted by Gasteiger charge is 2.23. The second-order valence-corrected chi connectivity index (χ2v) is 2.67. The number of hydrogen-bond acceptors (Lipinski definition) is 6. The fourth-order valence-corrected chi connectivity index (χ4v) is 1.21. The van der Waals surface area contributed by atoms with E-state index in [0.29, 0.717) is 11.4 Å². The van der Waals surface area contributed by atoms with Crippen LogP contribution in [0.1, 0.15) is 11.1 Å². The van der Waals surface area contributed by atoms with E-state index < -0.39 is 5.50 Å². The summed E-state index contributed by atoms with van der Waals surface area (Å²) in [6.45, 7) is 0. The number of aromatic nitrogens is 2. The lowest BCUT2D eigenvalue weighted by Crippen LogP contribution is -2.02. The number of nitrogens with two attached hydrogens (primary N) is 2. The molecule has 0 unspecified atom stereocenters. The number of alkyl halides is 1. The molecule has 4 N–H and O–H groups in total. The zero-order valence-corrected chi connectivity index (χ0v) is 6.65. The van der Waals surface area contributed by atoms with Gasteiger partial charge in [0.1, 0.15) is 5.82 Å². The largest absolute Gasteiger partial charge is 0.383 e. The van der Waals surface area contributed by atoms with Crippen molar-refractivity contribution in [3.63, 3.8) is 0 Å². The second-order valence-electron chi connectivity index (χ2n) is 2.26. The summed E-state index contributed by atoms with van der Waals surface area (Å²) in [7, 11) is 0. The first-order valence-corrected chi connectivity index (χ1v) is 3.60. The maximum atomic E-state index is 5.74. The Kier molecular flexibility index (Phi) is 1.37. The summed E-state index contributed by atoms with van der Waals surface area (Å²) >= 11 is 5.74. The Labute approximate surface area is 72.7 Å². The van der Waals surface area contributed by atoms with Gasteiger partial charge in [0.15, 0.2) is 11.3 Å². The summed E-state index contributed by atoms with van der Waals surface area (Å²) in [6.07, 6.45) is 0. The number of azo groups is 1. The molecule has 0 aliphatic carbocycles. The highest BCUT2D eigenvalue weighted by atomic mass is 35.5. The molecule has 1 atom stereocenters. The van der Waals surface area contributed by atoms with Crippen LogP contribution in [0.5, 0.6) is 0 Å². The lowest BCUT2D eigenvalue weighted by molar-refractivity contribution is 0.992. The fraction of sp³-hybridized carbons (Fsp3) is 0.200. The molecule has 7 heteroatoms. The maximum Gasteiger partial charge on any atom is 0.224 e. The van der Waals surface area contributed by atoms with Gasteiger partial charge in [-0.25, -0.2) is 0 Å². The Morgan fingerprint density at radius 3 is 2.75 bits per heavy atom. The molecule has 1 aromatic heterocycles. The molecule has 62 valence electrons. The van der Waals surface area contributed by atoms with Crippen LogP contribution in [-0.4, -0.2) is 9.97 Å². The standard InChI is InChI=1S/C5H5ClN6/c6-2-1-3(7)9-5(8)10-4(1)12-11-2/h2H,(H4,7,8,9,10)/t2-/m0/s1. The first-order valence-electron chi connectivity index (χ1n) is 3.16. The van der Waals surface area contributed by atoms with Gasteiger partial charge in [0.2, 0.25) is 5.95 Å². The van der Waals surface area contributed by atoms with E-state index in [1.165, 1.54) is 0 Å². The Hall–Kier alpha value is -1.43. The number of rotatable bonds is 0. The predicted molar refractivity (Wildman–Crippen MR) is 44.0 cm³/mol. The first-order chi connectivity index (χ1) is 5.68. The van der Waals surface area contributed by atoms with E-state index in [2.05, 4.69) is 20.2 Å². The SMILES string of the molecule is Nc1nc(N)c2c(n1)N=N[C@@H]2Cl. The van der Waals surface area contributed by atoms with E-state index in [-0.39, 0.29) is 11.8 Å². The quantitative estimate of drug-likeness (QED) is 0.463. The lowest BCUT2D eigenvalue weighted by atomic mass is 10.3. The van der Waals surface area contributed by atoms with Crippen molar-refractivity contribution in [2.75, 3.05) is 11.5 Å². The minimum Gasteiger partial charge on any atom is -0.383 e. The van der Waals surface area contributed by atoms with Crippen LogP contribution in [0.4, 0.5) is 17.6 Å². The van der Waals surface area contributed by atoms with E-state index in [9.17, 15) is 0 Å². The van der Waals surface area contributed by atoms with Crippen molar-refractivity contribution in [3.8, 4) is 0 Å². The first kappa shape index (κ1) is 7.23. The number of hydrogen-bond donors (Lipinski definition) is 2. The van der Waals surface area contributed by atoms with Crippen LogP contribution < -0.4 is 11.5 Å². The van der Waals surface area contributed by atoms with Gasteiger partial charge in [-0.15, -0.1) is 5.11 Å². The second kappa shape index (κ2) is 2.28. The van der Waals surface area contributed by atoms with Crippen molar-refractivity contribution >= 4 is 29.2 Å². The van der Waals surface area contributed by atoms with Crippen molar-refractivity contribution in [1.82, 2.24) is 9.97 Å². The minimum atomic E-state index is -0.583. The van der Waals surface area contributed by atoms with Gasteiger partial charge in [-0.1, -0.05) is 11.6 Å². The molecule has 1 aliphatic rings. The number of anilines is 2. The monoisotopic (exact) mass is 184 g/mol. The highest BCUT2D eigenvalue weighted by Crippen LogP contribution is 2.39. The van der Waals surface area contributed by atoms with Crippen LogP contribution >= 0.6 is 11.6 Å². The van der Waals surface area contributed by atoms with Gasteiger partial charge in [0.05, 0.1) is 5.56 Å². The zero-order valence-electron chi connectivity index (χ0n) is 5.90. The average molecular weight is 185 g/mol. The average Bonchev–Trinajstić information content (AvgIpc) is 2.31. The Balaban J connectivity index is 2.66. The Morgan fingerprint density at radius 2 is 2.00 bits per heavy atom. The molecular weight excluding hydrogens is 180 g/mol. The molecule has 0 radical (unpaired) electrons. The van der Waals surface area contributed by atoms with Crippen LogP contribution in [0.15, 0.2) is 10.2 Å². The summed E-state index contributed by atoms with van der Waals surface area (Å²) in [5.41, 5.74) is 10.8. The van der Waals surface area contributed by atoms with Crippen LogP contribution in [-0.2, 0) is 0 Å². The van der Waals surface area contributed by atoms with Crippen molar-refractivity contribution in [2.24, 2.45) is 10.2 Å². The molecule has 12 heavy (non-hydrogen) atoms. The molecule has 2 rings (SSSR count). The molecule has 0 aromatic carbocycles. The maximum absolute atomic E-state index is 5.74. The van der Waals surface area contributed by atoms with Crippen molar-refractivity contribution in [2.45, 2.75) is 5.50 Å². The molecule has 0 bridgehead atoms. The Bertz CT molecular complexity index is 361. The molecule has 1 aliphatic heterocycles. The molecule has 0 amide bonds. The van der Waals surface area contributed by atoms with E-state index in [4.69, 9.17) is 23.1 Å². The van der Waals surface area contributed by atoms with Gasteiger partial charge in [0.25, 0.3) is 0 Å². The summed E-state index contributed by atoms with van der Waals surface area (Å²) in [5, 5.41) is 7.34. The van der Waals surface area contributed by atoms with Crippen molar-refractivity contribution < 1.29 is 0 Å². The van der Waals surface area contributed by atoms with E-state index in [1.807, 2.05) is 0 Å². The molecule has 0 spiro atoms. The van der Waals surface area contributed by atoms with Crippen LogP contribution in [0.25, 0.3) is 0 Å². The van der Waals surface area contributed by atoms with Gasteiger partial charge in [-0.3, -0.25) is 0 Å². The molecule has 0 saturated carbocycles. The third kappa shape index (κ3) is 0.884. The number of nitrogens with zero attached hydrogens (tertiary/aromatic N) is 4. The fourth-order valence-electron chi connectivity index (χ4n) is 0.960. The molecule has 1 aromatic rings. The van der Waals surface area contributed by atoms with Crippen LogP contribution in [0, 0.1) is 0 Å². The van der Waals surface area contributed by atoms with Gasteiger partial charge >= 0.3 is 0 Å². The van der Waals surface area contributed by atoms with Gasteiger partial charge in [-0.2, -0.15) is 15.1 Å². The van der Waals surface area contributed by atoms with Crippen molar-refractivity contribution in [1.29, 1.82) is 0 Å². The molecule has 6 nitrogen and oxygen atoms in total. The molecular formula is C5H5ClN6. The summed E-state index contributed by atoms with van der Waals surface area (Å²) in [5.74, 6) is 0.679. The van der Waals surface area contributed by atoms with E-state index in [0.717, 1.165) is 0 Å². The van der Waals surface area contributed by atoms with Gasteiger partial charge in [0, 0.05) is 0 Å². The topological polar surface area (TPSA) is 103 Å². The number of fused-ring (bicyclic) bond motifs is 1. The lowest BCUT2D eigenvalue weighted by Gasteiger charge is -2.02. The zero-order chi connectivity index (χ0) is 8.72. The van der Waals surface area contributed by atoms with Crippen molar-refractivity contribution in [3.05, 3.63) is 5.56 Å². The third-order valence-corrected chi connectivity index (χ3v) is 1.77. The van der Waals surface area contributed by atoms with Gasteiger partial charge in [-0.05, 0) is 0 Å². The Morgan fingerprint density at radius 1 is 1.25 bits per heavy atom. The predicted octanol–water partition coefficient (Wildman–Crippen LogP) is 0.976. The summed E-state index contributed by atoms with van der Waals surface area (Å²) in [4.78, 5) is 7.54. The molecule has 0 saturated heterocycles. The van der Waals surface area contributed by atoms with E-state index >= 15 is 0 Å². The normalized spacial score (nSPS) is 19.6. The van der Waals surface area contributed by atoms with Crippen LogP contribution in [0.2, 0.25) is 0 Å². The summed E-state index contributed by atoms with van der Waals surface area (Å²) < 4.78 is 0.